The van der Waals surface area contributed by atoms with Crippen LogP contribution < -0.4 is 21.5 Å². The van der Waals surface area contributed by atoms with E-state index < -0.39 is 11.6 Å². The molecule has 0 saturated heterocycles. The first-order valence-electron chi connectivity index (χ1n) is 11.5. The smallest absolute Gasteiger partial charge is 0.331 e. The van der Waals surface area contributed by atoms with Crippen LogP contribution in [-0.2, 0) is 24.2 Å². The standard InChI is InChI=1S/C27H27N3O6/c1-35-15-16-36-22-11-12-24-23(17-22)26(32)29(14-13-19-5-3-2-4-6-19)27(33)30(24)18-20-7-9-21(10-8-20)25(31)28-34/h2-12,17,34H,13-16,18H2,1H3,(H,28,31). The molecule has 0 unspecified atom stereocenters. The Morgan fingerprint density at radius 2 is 1.67 bits per heavy atom. The Kier molecular flexibility index (Phi) is 7.94. The van der Waals surface area contributed by atoms with Crippen LogP contribution in [0.3, 0.4) is 0 Å². The molecular formula is C27H27N3O6. The SMILES string of the molecule is COCCOc1ccc2c(c1)c(=O)n(CCc1ccccc1)c(=O)n2Cc1ccc(C(=O)NO)cc1. The number of aromatic nitrogens is 2. The molecule has 0 aliphatic rings. The van der Waals surface area contributed by atoms with Gasteiger partial charge < -0.3 is 9.47 Å². The summed E-state index contributed by atoms with van der Waals surface area (Å²) in [4.78, 5) is 38.6. The van der Waals surface area contributed by atoms with Gasteiger partial charge in [0.05, 0.1) is 24.1 Å². The van der Waals surface area contributed by atoms with Crippen LogP contribution in [0.5, 0.6) is 5.75 Å². The van der Waals surface area contributed by atoms with E-state index >= 15 is 0 Å². The molecule has 4 aromatic rings. The Morgan fingerprint density at radius 3 is 2.36 bits per heavy atom. The van der Waals surface area contributed by atoms with E-state index in [4.69, 9.17) is 14.7 Å². The van der Waals surface area contributed by atoms with Crippen LogP contribution in [0.1, 0.15) is 21.5 Å². The summed E-state index contributed by atoms with van der Waals surface area (Å²) in [5.74, 6) is -0.115. The summed E-state index contributed by atoms with van der Waals surface area (Å²) in [6, 6.07) is 21.2. The monoisotopic (exact) mass is 489 g/mol. The number of ether oxygens (including phenoxy) is 2. The largest absolute Gasteiger partial charge is 0.491 e. The molecule has 2 N–H and O–H groups in total. The van der Waals surface area contributed by atoms with Gasteiger partial charge >= 0.3 is 5.69 Å². The van der Waals surface area contributed by atoms with Crippen molar-refractivity contribution in [2.45, 2.75) is 19.5 Å². The highest BCUT2D eigenvalue weighted by molar-refractivity contribution is 5.93. The second-order valence-corrected chi connectivity index (χ2v) is 8.22. The number of nitrogens with one attached hydrogen (secondary N) is 1. The van der Waals surface area contributed by atoms with Gasteiger partial charge in [-0.1, -0.05) is 42.5 Å². The number of aryl methyl sites for hydroxylation is 1. The summed E-state index contributed by atoms with van der Waals surface area (Å²) < 4.78 is 13.5. The van der Waals surface area contributed by atoms with Gasteiger partial charge in [0.25, 0.3) is 11.5 Å². The number of amides is 1. The Balaban J connectivity index is 1.76. The molecule has 0 aliphatic heterocycles. The van der Waals surface area contributed by atoms with Gasteiger partial charge in [-0.25, -0.2) is 10.3 Å². The Morgan fingerprint density at radius 1 is 0.917 bits per heavy atom. The number of carbonyl (C=O) groups is 1. The number of nitrogens with zero attached hydrogens (tertiary/aromatic N) is 2. The lowest BCUT2D eigenvalue weighted by Gasteiger charge is -2.16. The predicted octanol–water partition coefficient (Wildman–Crippen LogP) is 2.60. The van der Waals surface area contributed by atoms with Gasteiger partial charge in [0.2, 0.25) is 0 Å². The van der Waals surface area contributed by atoms with Crippen molar-refractivity contribution in [1.82, 2.24) is 14.6 Å². The van der Waals surface area contributed by atoms with E-state index in [2.05, 4.69) is 0 Å². The predicted molar refractivity (Wildman–Crippen MR) is 135 cm³/mol. The van der Waals surface area contributed by atoms with Crippen molar-refractivity contribution < 1.29 is 19.5 Å². The van der Waals surface area contributed by atoms with E-state index in [0.717, 1.165) is 11.1 Å². The number of fused-ring (bicyclic) bond motifs is 1. The van der Waals surface area contributed by atoms with E-state index in [0.29, 0.717) is 36.3 Å². The van der Waals surface area contributed by atoms with Gasteiger partial charge in [0.1, 0.15) is 12.4 Å². The van der Waals surface area contributed by atoms with Crippen LogP contribution in [0, 0.1) is 0 Å². The van der Waals surface area contributed by atoms with Crippen molar-refractivity contribution in [3.8, 4) is 5.75 Å². The average molecular weight is 490 g/mol. The maximum absolute atomic E-state index is 13.5. The van der Waals surface area contributed by atoms with Crippen LogP contribution in [0.4, 0.5) is 0 Å². The molecule has 0 radical (unpaired) electrons. The van der Waals surface area contributed by atoms with Crippen molar-refractivity contribution >= 4 is 16.8 Å². The third-order valence-electron chi connectivity index (χ3n) is 5.88. The van der Waals surface area contributed by atoms with Crippen LogP contribution in [0.15, 0.2) is 82.4 Å². The van der Waals surface area contributed by atoms with Crippen LogP contribution >= 0.6 is 0 Å². The molecule has 186 valence electrons. The number of hydroxylamine groups is 1. The second-order valence-electron chi connectivity index (χ2n) is 8.22. The number of hydrogen-bond acceptors (Lipinski definition) is 6. The van der Waals surface area contributed by atoms with Crippen molar-refractivity contribution in [3.05, 3.63) is 110 Å². The molecule has 1 heterocycles. The molecular weight excluding hydrogens is 462 g/mol. The number of rotatable bonds is 10. The molecule has 9 nitrogen and oxygen atoms in total. The number of methoxy groups -OCH3 is 1. The molecule has 0 saturated carbocycles. The quantitative estimate of drug-likeness (QED) is 0.201. The topological polar surface area (TPSA) is 112 Å². The molecule has 9 heteroatoms. The minimum absolute atomic E-state index is 0.186. The third-order valence-corrected chi connectivity index (χ3v) is 5.88. The summed E-state index contributed by atoms with van der Waals surface area (Å²) in [5.41, 5.74) is 3.33. The van der Waals surface area contributed by atoms with Crippen LogP contribution in [0.25, 0.3) is 10.9 Å². The zero-order valence-corrected chi connectivity index (χ0v) is 19.8. The Hall–Kier alpha value is -4.21. The number of carbonyl (C=O) groups excluding carboxylic acids is 1. The van der Waals surface area contributed by atoms with Gasteiger partial charge in [-0.15, -0.1) is 0 Å². The molecule has 0 spiro atoms. The van der Waals surface area contributed by atoms with Crippen molar-refractivity contribution in [1.29, 1.82) is 0 Å². The Labute approximate surface area is 207 Å². The molecule has 36 heavy (non-hydrogen) atoms. The summed E-state index contributed by atoms with van der Waals surface area (Å²) in [6.07, 6.45) is 0.524. The first-order chi connectivity index (χ1) is 17.5. The fourth-order valence-electron chi connectivity index (χ4n) is 3.98. The summed E-state index contributed by atoms with van der Waals surface area (Å²) in [7, 11) is 1.58. The molecule has 0 aliphatic carbocycles. The molecule has 0 fully saturated rings. The third kappa shape index (κ3) is 5.54. The summed E-state index contributed by atoms with van der Waals surface area (Å²) >= 11 is 0. The first-order valence-corrected chi connectivity index (χ1v) is 11.5. The van der Waals surface area contributed by atoms with Crippen molar-refractivity contribution in [2.24, 2.45) is 0 Å². The van der Waals surface area contributed by atoms with Gasteiger partial charge in [-0.2, -0.15) is 0 Å². The van der Waals surface area contributed by atoms with Gasteiger partial charge in [0.15, 0.2) is 0 Å². The van der Waals surface area contributed by atoms with Gasteiger partial charge in [-0.3, -0.25) is 23.9 Å². The van der Waals surface area contributed by atoms with Crippen molar-refractivity contribution in [2.75, 3.05) is 20.3 Å². The molecule has 0 bridgehead atoms. The molecule has 4 rings (SSSR count). The average Bonchev–Trinajstić information content (AvgIpc) is 2.91. The minimum atomic E-state index is -0.625. The van der Waals surface area contributed by atoms with Gasteiger partial charge in [0, 0.05) is 19.2 Å². The fourth-order valence-corrected chi connectivity index (χ4v) is 3.98. The minimum Gasteiger partial charge on any atom is -0.491 e. The highest BCUT2D eigenvalue weighted by Crippen LogP contribution is 2.19. The molecule has 0 atom stereocenters. The Bertz CT molecular complexity index is 1460. The highest BCUT2D eigenvalue weighted by Gasteiger charge is 2.15. The maximum Gasteiger partial charge on any atom is 0.331 e. The summed E-state index contributed by atoms with van der Waals surface area (Å²) in [6.45, 7) is 1.15. The van der Waals surface area contributed by atoms with E-state index in [1.807, 2.05) is 30.3 Å². The fraction of sp³-hybridized carbons (Fsp3) is 0.222. The van der Waals surface area contributed by atoms with E-state index in [-0.39, 0.29) is 24.2 Å². The summed E-state index contributed by atoms with van der Waals surface area (Å²) in [5, 5.41) is 9.20. The first kappa shape index (κ1) is 24.9. The lowest BCUT2D eigenvalue weighted by Crippen LogP contribution is -2.40. The molecule has 1 amide bonds. The van der Waals surface area contributed by atoms with Gasteiger partial charge in [-0.05, 0) is 47.9 Å². The highest BCUT2D eigenvalue weighted by atomic mass is 16.5. The zero-order chi connectivity index (χ0) is 25.5. The van der Waals surface area contributed by atoms with E-state index in [9.17, 15) is 14.4 Å². The zero-order valence-electron chi connectivity index (χ0n) is 19.8. The van der Waals surface area contributed by atoms with Crippen molar-refractivity contribution in [3.63, 3.8) is 0 Å². The number of hydrogen-bond donors (Lipinski definition) is 2. The number of benzene rings is 3. The maximum atomic E-state index is 13.5. The molecule has 3 aromatic carbocycles. The van der Waals surface area contributed by atoms with E-state index in [1.54, 1.807) is 59.6 Å². The van der Waals surface area contributed by atoms with Crippen LogP contribution in [0.2, 0.25) is 0 Å². The lowest BCUT2D eigenvalue weighted by molar-refractivity contribution is 0.0706. The molecule has 1 aromatic heterocycles. The van der Waals surface area contributed by atoms with Crippen LogP contribution in [-0.4, -0.2) is 40.6 Å². The lowest BCUT2D eigenvalue weighted by atomic mass is 10.1. The second kappa shape index (κ2) is 11.5. The van der Waals surface area contributed by atoms with E-state index in [1.165, 1.54) is 4.57 Å². The normalized spacial score (nSPS) is 10.9.